The van der Waals surface area contributed by atoms with Crippen molar-refractivity contribution in [3.8, 4) is 0 Å². The quantitative estimate of drug-likeness (QED) is 0.409. The predicted molar refractivity (Wildman–Crippen MR) is 97.1 cm³/mol. The maximum absolute atomic E-state index is 6.37. The van der Waals surface area contributed by atoms with E-state index in [0.717, 1.165) is 32.5 Å². The second kappa shape index (κ2) is 8.17. The van der Waals surface area contributed by atoms with E-state index in [0.29, 0.717) is 49.0 Å². The summed E-state index contributed by atoms with van der Waals surface area (Å²) in [5.41, 5.74) is 7.16. The Bertz CT molecular complexity index is 440. The summed E-state index contributed by atoms with van der Waals surface area (Å²) in [4.78, 5) is 0. The first-order chi connectivity index (χ1) is 12.2. The van der Waals surface area contributed by atoms with E-state index in [-0.39, 0.29) is 6.10 Å². The van der Waals surface area contributed by atoms with Crippen LogP contribution >= 0.6 is 0 Å². The van der Waals surface area contributed by atoms with Gasteiger partial charge in [0.15, 0.2) is 0 Å². The minimum Gasteiger partial charge on any atom is -0.375 e. The summed E-state index contributed by atoms with van der Waals surface area (Å²) in [5, 5.41) is 10.9. The lowest BCUT2D eigenvalue weighted by Crippen LogP contribution is -2.65. The van der Waals surface area contributed by atoms with E-state index in [1.54, 1.807) is 0 Å². The molecule has 6 unspecified atom stereocenters. The molecule has 0 radical (unpaired) electrons. The second-order valence-corrected chi connectivity index (χ2v) is 8.31. The predicted octanol–water partition coefficient (Wildman–Crippen LogP) is -0.309. The standard InChI is InChI=1S/C18H35N5O2/c1-11-5-6-19-10-24-12(2)16-8-20-9-17(21-16)18-14-7-13(25-11)3-4-15(14)22-23-18/h11-23H,3-10H2,1-2H3/t11-,12+,13?,14?,15?,16?,17?,18?/m1/s1. The van der Waals surface area contributed by atoms with Crippen LogP contribution in [-0.2, 0) is 9.47 Å². The van der Waals surface area contributed by atoms with Gasteiger partial charge in [0.2, 0.25) is 0 Å². The van der Waals surface area contributed by atoms with Crippen molar-refractivity contribution in [2.75, 3.05) is 26.4 Å². The smallest absolute Gasteiger partial charge is 0.0969 e. The van der Waals surface area contributed by atoms with Crippen molar-refractivity contribution in [3.63, 3.8) is 0 Å². The molecule has 4 fully saturated rings. The van der Waals surface area contributed by atoms with Gasteiger partial charge in [0.25, 0.3) is 0 Å². The maximum atomic E-state index is 6.37. The van der Waals surface area contributed by atoms with E-state index < -0.39 is 0 Å². The number of hydrogen-bond acceptors (Lipinski definition) is 7. The molecule has 4 bridgehead atoms. The molecular formula is C18H35N5O2. The fraction of sp³-hybridized carbons (Fsp3) is 1.00. The summed E-state index contributed by atoms with van der Waals surface area (Å²) in [6.45, 7) is 7.90. The largest absolute Gasteiger partial charge is 0.375 e. The monoisotopic (exact) mass is 353 g/mol. The van der Waals surface area contributed by atoms with Crippen LogP contribution in [0, 0.1) is 5.92 Å². The molecule has 4 rings (SSSR count). The lowest BCUT2D eigenvalue weighted by Gasteiger charge is -2.41. The molecule has 3 saturated heterocycles. The number of piperazine rings is 1. The molecule has 0 amide bonds. The fourth-order valence-corrected chi connectivity index (χ4v) is 4.97. The first kappa shape index (κ1) is 18.1. The molecule has 3 heterocycles. The summed E-state index contributed by atoms with van der Waals surface area (Å²) in [5.74, 6) is 0.628. The molecule has 5 N–H and O–H groups in total. The third-order valence-electron chi connectivity index (χ3n) is 6.51. The van der Waals surface area contributed by atoms with Gasteiger partial charge in [0.1, 0.15) is 0 Å². The van der Waals surface area contributed by atoms with Gasteiger partial charge < -0.3 is 20.1 Å². The average molecular weight is 354 g/mol. The van der Waals surface area contributed by atoms with Crippen LogP contribution in [0.5, 0.6) is 0 Å². The van der Waals surface area contributed by atoms with Gasteiger partial charge in [-0.3, -0.25) is 16.2 Å². The molecule has 25 heavy (non-hydrogen) atoms. The molecule has 0 spiro atoms. The summed E-state index contributed by atoms with van der Waals surface area (Å²) < 4.78 is 12.4. The summed E-state index contributed by atoms with van der Waals surface area (Å²) in [6, 6.07) is 1.79. The first-order valence-electron chi connectivity index (χ1n) is 10.2. The Morgan fingerprint density at radius 1 is 0.880 bits per heavy atom. The van der Waals surface area contributed by atoms with Crippen LogP contribution in [0.3, 0.4) is 0 Å². The highest BCUT2D eigenvalue weighted by Crippen LogP contribution is 2.34. The van der Waals surface area contributed by atoms with Crippen LogP contribution in [0.2, 0.25) is 0 Å². The molecule has 0 aromatic heterocycles. The van der Waals surface area contributed by atoms with Crippen molar-refractivity contribution in [2.45, 2.75) is 82.0 Å². The van der Waals surface area contributed by atoms with Crippen molar-refractivity contribution < 1.29 is 9.47 Å². The molecule has 0 aromatic carbocycles. The van der Waals surface area contributed by atoms with Gasteiger partial charge in [-0.15, -0.1) is 0 Å². The Hall–Kier alpha value is -0.280. The third kappa shape index (κ3) is 4.18. The van der Waals surface area contributed by atoms with E-state index in [9.17, 15) is 0 Å². The van der Waals surface area contributed by atoms with Gasteiger partial charge in [0.05, 0.1) is 25.0 Å². The zero-order valence-electron chi connectivity index (χ0n) is 15.6. The fourth-order valence-electron chi connectivity index (χ4n) is 4.97. The van der Waals surface area contributed by atoms with Crippen LogP contribution in [0.15, 0.2) is 0 Å². The number of nitrogens with one attached hydrogen (secondary N) is 5. The van der Waals surface area contributed by atoms with Crippen LogP contribution in [-0.4, -0.2) is 68.8 Å². The van der Waals surface area contributed by atoms with E-state index in [1.807, 2.05) is 0 Å². The summed E-state index contributed by atoms with van der Waals surface area (Å²) in [6.07, 6.45) is 5.44. The van der Waals surface area contributed by atoms with Gasteiger partial charge >= 0.3 is 0 Å². The van der Waals surface area contributed by atoms with Gasteiger partial charge in [-0.25, -0.2) is 0 Å². The maximum Gasteiger partial charge on any atom is 0.0969 e. The Balaban J connectivity index is 1.49. The summed E-state index contributed by atoms with van der Waals surface area (Å²) in [7, 11) is 0. The Morgan fingerprint density at radius 2 is 1.76 bits per heavy atom. The summed E-state index contributed by atoms with van der Waals surface area (Å²) >= 11 is 0. The Morgan fingerprint density at radius 3 is 2.68 bits per heavy atom. The molecule has 1 saturated carbocycles. The molecule has 7 nitrogen and oxygen atoms in total. The van der Waals surface area contributed by atoms with Gasteiger partial charge in [-0.2, -0.15) is 0 Å². The SMILES string of the molecule is C[C@@H]1CCNCO[C@@H](C)C2CNCC(N2)C2NNC3CCC(CC32)O1. The van der Waals surface area contributed by atoms with E-state index >= 15 is 0 Å². The zero-order valence-corrected chi connectivity index (χ0v) is 15.6. The Kier molecular flexibility index (Phi) is 5.91. The highest BCUT2D eigenvalue weighted by atomic mass is 16.5. The molecule has 3 aliphatic heterocycles. The van der Waals surface area contributed by atoms with Gasteiger partial charge in [0, 0.05) is 37.3 Å². The van der Waals surface area contributed by atoms with Crippen molar-refractivity contribution in [1.82, 2.24) is 26.8 Å². The minimum atomic E-state index is 0.186. The van der Waals surface area contributed by atoms with Gasteiger partial charge in [-0.1, -0.05) is 0 Å². The van der Waals surface area contributed by atoms with Crippen molar-refractivity contribution in [3.05, 3.63) is 0 Å². The molecular weight excluding hydrogens is 318 g/mol. The zero-order chi connectivity index (χ0) is 17.2. The molecule has 7 heteroatoms. The van der Waals surface area contributed by atoms with E-state index in [4.69, 9.17) is 9.47 Å². The topological polar surface area (TPSA) is 78.6 Å². The number of fused-ring (bicyclic) bond motifs is 4. The number of hydrazine groups is 1. The number of hydrogen-bond donors (Lipinski definition) is 5. The third-order valence-corrected chi connectivity index (χ3v) is 6.51. The van der Waals surface area contributed by atoms with E-state index in [1.165, 1.54) is 12.8 Å². The van der Waals surface area contributed by atoms with E-state index in [2.05, 4.69) is 40.6 Å². The molecule has 144 valence electrons. The number of ether oxygens (including phenoxy) is 2. The Labute approximate surface area is 151 Å². The average Bonchev–Trinajstić information content (AvgIpc) is 3.04. The van der Waals surface area contributed by atoms with Crippen LogP contribution in [0.25, 0.3) is 0 Å². The van der Waals surface area contributed by atoms with Crippen molar-refractivity contribution >= 4 is 0 Å². The molecule has 4 aliphatic rings. The van der Waals surface area contributed by atoms with Crippen molar-refractivity contribution in [1.29, 1.82) is 0 Å². The molecule has 1 aliphatic carbocycles. The normalized spacial score (nSPS) is 49.2. The van der Waals surface area contributed by atoms with Crippen LogP contribution < -0.4 is 26.8 Å². The lowest BCUT2D eigenvalue weighted by molar-refractivity contribution is -0.0393. The lowest BCUT2D eigenvalue weighted by atomic mass is 9.77. The van der Waals surface area contributed by atoms with Crippen molar-refractivity contribution in [2.24, 2.45) is 5.92 Å². The highest BCUT2D eigenvalue weighted by molar-refractivity contribution is 5.03. The second-order valence-electron chi connectivity index (χ2n) is 8.31. The molecule has 0 aromatic rings. The highest BCUT2D eigenvalue weighted by Gasteiger charge is 2.45. The minimum absolute atomic E-state index is 0.186. The van der Waals surface area contributed by atoms with Gasteiger partial charge in [-0.05, 0) is 52.0 Å². The number of rotatable bonds is 0. The molecule has 8 atom stereocenters. The van der Waals surface area contributed by atoms with Crippen LogP contribution in [0.1, 0.15) is 39.5 Å². The van der Waals surface area contributed by atoms with Crippen LogP contribution in [0.4, 0.5) is 0 Å². The first-order valence-corrected chi connectivity index (χ1v) is 10.2.